The van der Waals surface area contributed by atoms with Gasteiger partial charge in [-0.1, -0.05) is 154 Å². The van der Waals surface area contributed by atoms with E-state index in [1.807, 2.05) is 22.7 Å². The molecule has 0 spiro atoms. The highest BCUT2D eigenvalue weighted by molar-refractivity contribution is 7.26. The summed E-state index contributed by atoms with van der Waals surface area (Å²) in [4.78, 5) is 8.45. The summed E-state index contributed by atoms with van der Waals surface area (Å²) in [6.45, 7) is 25.4. The Hall–Kier alpha value is -6.34. The molecule has 3 aliphatic carbocycles. The fraction of sp³-hybridized carbons (Fsp3) is 0.333. The molecule has 0 saturated heterocycles. The van der Waals surface area contributed by atoms with E-state index in [9.17, 15) is 0 Å². The van der Waals surface area contributed by atoms with Crippen LogP contribution >= 0.6 is 22.7 Å². The largest absolute Gasteiger partial charge is 0.334 e. The topological polar surface area (TPSA) is 9.72 Å². The predicted octanol–water partition coefficient (Wildman–Crippen LogP) is 18.9. The van der Waals surface area contributed by atoms with Crippen LogP contribution in [0.3, 0.4) is 0 Å². The van der Waals surface area contributed by atoms with Crippen molar-refractivity contribution < 1.29 is 0 Å². The van der Waals surface area contributed by atoms with Crippen LogP contribution < -0.4 is 31.1 Å². The molecule has 388 valence electrons. The van der Waals surface area contributed by atoms with Crippen LogP contribution in [0.4, 0.5) is 45.5 Å². The third kappa shape index (κ3) is 6.17. The van der Waals surface area contributed by atoms with E-state index < -0.39 is 0 Å². The molecule has 0 N–H and O–H groups in total. The lowest BCUT2D eigenvalue weighted by Crippen LogP contribution is -2.62. The van der Waals surface area contributed by atoms with E-state index in [-0.39, 0.29) is 39.3 Å². The summed E-state index contributed by atoms with van der Waals surface area (Å²) in [7, 11) is 0. The second-order valence-corrected chi connectivity index (χ2v) is 29.8. The molecule has 16 rings (SSSR count). The number of nitrogens with zero attached hydrogens (tertiary/aromatic N) is 3. The van der Waals surface area contributed by atoms with E-state index in [0.717, 1.165) is 19.3 Å². The average Bonchev–Trinajstić information content (AvgIpc) is 2.86. The third-order valence-corrected chi connectivity index (χ3v) is 23.8. The Bertz CT molecular complexity index is 4040. The normalized spacial score (nSPS) is 22.7. The van der Waals surface area contributed by atoms with Crippen molar-refractivity contribution in [2.75, 3.05) is 14.7 Å². The Kier molecular flexibility index (Phi) is 9.61. The molecule has 2 aromatic heterocycles. The van der Waals surface area contributed by atoms with Gasteiger partial charge in [-0.05, 0) is 178 Å². The molecule has 10 aromatic rings. The predicted molar refractivity (Wildman–Crippen MR) is 340 cm³/mol. The maximum atomic E-state index is 2.85. The van der Waals surface area contributed by atoms with Crippen molar-refractivity contribution in [3.63, 3.8) is 0 Å². The van der Waals surface area contributed by atoms with Gasteiger partial charge in [0.25, 0.3) is 6.71 Å². The number of thiophene rings is 2. The van der Waals surface area contributed by atoms with E-state index in [2.05, 4.69) is 230 Å². The van der Waals surface area contributed by atoms with Gasteiger partial charge >= 0.3 is 0 Å². The first-order chi connectivity index (χ1) is 37.4. The molecule has 3 nitrogen and oxygen atoms in total. The Morgan fingerprint density at radius 2 is 0.795 bits per heavy atom. The zero-order valence-corrected chi connectivity index (χ0v) is 48.9. The van der Waals surface area contributed by atoms with Crippen LogP contribution in [0, 0.1) is 0 Å². The Morgan fingerprint density at radius 3 is 1.31 bits per heavy atom. The quantitative estimate of drug-likeness (QED) is 0.163. The number of benzene rings is 8. The lowest BCUT2D eigenvalue weighted by Gasteiger charge is -2.51. The SMILES string of the molecule is CC1(C)CCC(C)(C)c2cc3c(cc21)B1c2cc4c(cc2N(c2cccc5sc6ccccc6c25)c2cc(N5c6ccccc6C6(C)CCCCC56C)cc(c21)N3c1cccc2sc3ccccc3c12)C(C)(C)CCC4(C)C. The summed E-state index contributed by atoms with van der Waals surface area (Å²) in [5, 5.41) is 5.36. The van der Waals surface area contributed by atoms with E-state index in [0.29, 0.717) is 0 Å². The molecule has 2 atom stereocenters. The molecule has 0 radical (unpaired) electrons. The van der Waals surface area contributed by atoms with Crippen molar-refractivity contribution in [3.05, 3.63) is 173 Å². The van der Waals surface area contributed by atoms with Crippen LogP contribution in [0.2, 0.25) is 0 Å². The Morgan fingerprint density at radius 1 is 0.372 bits per heavy atom. The minimum absolute atomic E-state index is 0.00659. The summed E-state index contributed by atoms with van der Waals surface area (Å²) in [5.74, 6) is 0. The van der Waals surface area contributed by atoms with Gasteiger partial charge in [-0.15, -0.1) is 22.7 Å². The van der Waals surface area contributed by atoms with Crippen molar-refractivity contribution in [3.8, 4) is 0 Å². The van der Waals surface area contributed by atoms with E-state index in [1.165, 1.54) is 162 Å². The number of rotatable bonds is 3. The minimum Gasteiger partial charge on any atom is -0.334 e. The van der Waals surface area contributed by atoms with Crippen LogP contribution in [0.5, 0.6) is 0 Å². The monoisotopic (exact) mass is 1050 g/mol. The van der Waals surface area contributed by atoms with Gasteiger partial charge in [0.05, 0.1) is 16.9 Å². The van der Waals surface area contributed by atoms with Crippen molar-refractivity contribution in [2.24, 2.45) is 0 Å². The van der Waals surface area contributed by atoms with Crippen molar-refractivity contribution in [1.29, 1.82) is 0 Å². The number of anilines is 8. The first-order valence-electron chi connectivity index (χ1n) is 29.3. The number of para-hydroxylation sites is 1. The zero-order valence-electron chi connectivity index (χ0n) is 47.2. The molecule has 1 fully saturated rings. The fourth-order valence-electron chi connectivity index (χ4n) is 16.7. The molecule has 0 amide bonds. The van der Waals surface area contributed by atoms with Gasteiger partial charge in [-0.3, -0.25) is 0 Å². The second kappa shape index (κ2) is 15.7. The number of hydrogen-bond acceptors (Lipinski definition) is 5. The molecule has 5 heterocycles. The summed E-state index contributed by atoms with van der Waals surface area (Å²) >= 11 is 3.87. The lowest BCUT2D eigenvalue weighted by atomic mass is 9.32. The van der Waals surface area contributed by atoms with Gasteiger partial charge in [0.15, 0.2) is 0 Å². The molecule has 6 aliphatic rings. The van der Waals surface area contributed by atoms with Crippen LogP contribution in [0.15, 0.2) is 146 Å². The fourth-order valence-corrected chi connectivity index (χ4v) is 19.0. The van der Waals surface area contributed by atoms with Crippen molar-refractivity contribution in [2.45, 2.75) is 153 Å². The van der Waals surface area contributed by atoms with Crippen LogP contribution in [0.1, 0.15) is 148 Å². The van der Waals surface area contributed by atoms with Gasteiger partial charge < -0.3 is 14.7 Å². The number of fused-ring (bicyclic) bond motifs is 15. The van der Waals surface area contributed by atoms with Crippen molar-refractivity contribution in [1.82, 2.24) is 0 Å². The van der Waals surface area contributed by atoms with Gasteiger partial charge in [-0.2, -0.15) is 0 Å². The Labute approximate surface area is 470 Å². The molecule has 3 aliphatic heterocycles. The minimum atomic E-state index is -0.138. The van der Waals surface area contributed by atoms with Gasteiger partial charge in [-0.25, -0.2) is 0 Å². The maximum absolute atomic E-state index is 2.85. The molecule has 2 unspecified atom stereocenters. The standard InChI is InChI=1S/C72H70BN3S2/c1-67(2)33-35-69(5,6)49-41-56-51(39-47(49)67)73-52-40-48-50(70(7,8)36-34-68(48,3)4)42-57(52)75(55-26-20-30-63-65(55)45-22-12-16-28-61(45)78-63)59-38-43(76-53-24-14-13-23-46(53)71(9)31-17-18-32-72(71,76)10)37-58(66(59)73)74(56)54-25-19-29-62-64(54)44-21-11-15-27-60(44)77-62/h11-16,19-30,37-42H,17-18,31-36H2,1-10H3. The summed E-state index contributed by atoms with van der Waals surface area (Å²) in [5.41, 5.74) is 22.2. The highest BCUT2D eigenvalue weighted by Gasteiger charge is 2.58. The highest BCUT2D eigenvalue weighted by atomic mass is 32.1. The molecular weight excluding hydrogens is 982 g/mol. The first kappa shape index (κ1) is 47.6. The molecule has 1 saturated carbocycles. The van der Waals surface area contributed by atoms with E-state index in [1.54, 1.807) is 0 Å². The van der Waals surface area contributed by atoms with Crippen molar-refractivity contribution >= 4 is 132 Å². The number of hydrogen-bond donors (Lipinski definition) is 0. The summed E-state index contributed by atoms with van der Waals surface area (Å²) in [6.07, 6.45) is 9.46. The highest BCUT2D eigenvalue weighted by Crippen LogP contribution is 2.63. The molecule has 6 heteroatoms. The molecule has 0 bridgehead atoms. The third-order valence-electron chi connectivity index (χ3n) is 21.5. The van der Waals surface area contributed by atoms with Crippen LogP contribution in [-0.4, -0.2) is 12.3 Å². The van der Waals surface area contributed by atoms with Gasteiger partial charge in [0.2, 0.25) is 0 Å². The maximum Gasteiger partial charge on any atom is 0.252 e. The van der Waals surface area contributed by atoms with Gasteiger partial charge in [0, 0.05) is 79.9 Å². The first-order valence-corrected chi connectivity index (χ1v) is 30.9. The summed E-state index contributed by atoms with van der Waals surface area (Å²) < 4.78 is 5.34. The van der Waals surface area contributed by atoms with E-state index in [4.69, 9.17) is 0 Å². The molecular formula is C72H70BN3S2. The lowest BCUT2D eigenvalue weighted by molar-refractivity contribution is 0.195. The van der Waals surface area contributed by atoms with E-state index >= 15 is 0 Å². The van der Waals surface area contributed by atoms with Gasteiger partial charge in [0.1, 0.15) is 0 Å². The van der Waals surface area contributed by atoms with Crippen LogP contribution in [0.25, 0.3) is 40.3 Å². The Balaban J connectivity index is 1.11. The molecule has 8 aromatic carbocycles. The smallest absolute Gasteiger partial charge is 0.252 e. The second-order valence-electron chi connectivity index (χ2n) is 27.6. The zero-order chi connectivity index (χ0) is 53.2. The summed E-state index contributed by atoms with van der Waals surface area (Å²) in [6, 6.07) is 58.5. The van der Waals surface area contributed by atoms with Crippen LogP contribution in [-0.2, 0) is 27.1 Å². The molecule has 78 heavy (non-hydrogen) atoms. The average molecular weight is 1050 g/mol.